The molecule has 0 radical (unpaired) electrons. The van der Waals surface area contributed by atoms with Gasteiger partial charge in [-0.15, -0.1) is 0 Å². The van der Waals surface area contributed by atoms with E-state index >= 15 is 0 Å². The van der Waals surface area contributed by atoms with Gasteiger partial charge in [-0.25, -0.2) is 0 Å². The molecule has 166 valence electrons. The monoisotopic (exact) mass is 406 g/mol. The van der Waals surface area contributed by atoms with Crippen LogP contribution in [0.3, 0.4) is 0 Å². The second-order valence-electron chi connectivity index (χ2n) is 11.8. The Morgan fingerprint density at radius 2 is 1.76 bits per heavy atom. The van der Waals surface area contributed by atoms with Gasteiger partial charge in [0.15, 0.2) is 0 Å². The van der Waals surface area contributed by atoms with E-state index in [2.05, 4.69) is 20.8 Å². The minimum atomic E-state index is -0.686. The van der Waals surface area contributed by atoms with E-state index in [0.29, 0.717) is 30.1 Å². The van der Waals surface area contributed by atoms with Gasteiger partial charge in [-0.05, 0) is 98.7 Å². The molecule has 0 aromatic carbocycles. The maximum absolute atomic E-state index is 11.1. The minimum absolute atomic E-state index is 0.00751. The third-order valence-electron chi connectivity index (χ3n) is 10.7. The van der Waals surface area contributed by atoms with E-state index in [1.807, 2.05) is 0 Å². The first-order valence-electron chi connectivity index (χ1n) is 11.9. The fourth-order valence-corrected chi connectivity index (χ4v) is 9.04. The summed E-state index contributed by atoms with van der Waals surface area (Å²) in [5.41, 5.74) is 14.1. The van der Waals surface area contributed by atoms with E-state index in [4.69, 9.17) is 16.6 Å². The zero-order valence-corrected chi connectivity index (χ0v) is 18.6. The lowest BCUT2D eigenvalue weighted by Gasteiger charge is -2.68. The number of fused-ring (bicyclic) bond motifs is 5. The molecule has 4 fully saturated rings. The van der Waals surface area contributed by atoms with Crippen LogP contribution >= 0.6 is 0 Å². The summed E-state index contributed by atoms with van der Waals surface area (Å²) < 4.78 is 0. The van der Waals surface area contributed by atoms with Crippen molar-refractivity contribution in [3.05, 3.63) is 0 Å². The van der Waals surface area contributed by atoms with Gasteiger partial charge in [0.2, 0.25) is 0 Å². The number of carboxylic acids is 1. The molecule has 0 saturated heterocycles. The Morgan fingerprint density at radius 1 is 1.03 bits per heavy atom. The average molecular weight is 407 g/mol. The highest BCUT2D eigenvalue weighted by molar-refractivity contribution is 5.66. The van der Waals surface area contributed by atoms with Crippen molar-refractivity contribution in [2.45, 2.75) is 109 Å². The van der Waals surface area contributed by atoms with Crippen molar-refractivity contribution in [3.63, 3.8) is 0 Å². The van der Waals surface area contributed by atoms with Gasteiger partial charge in [0.05, 0.1) is 6.10 Å². The number of carbonyl (C=O) groups is 1. The third-order valence-corrected chi connectivity index (χ3v) is 10.7. The van der Waals surface area contributed by atoms with Crippen molar-refractivity contribution >= 4 is 5.97 Å². The fourth-order valence-electron chi connectivity index (χ4n) is 9.04. The lowest BCUT2D eigenvalue weighted by Crippen LogP contribution is -2.75. The summed E-state index contributed by atoms with van der Waals surface area (Å²) in [6.07, 6.45) is 9.84. The Kier molecular flexibility index (Phi) is 5.16. The van der Waals surface area contributed by atoms with E-state index in [1.165, 1.54) is 19.3 Å². The zero-order chi connectivity index (χ0) is 21.2. The van der Waals surface area contributed by atoms with Crippen LogP contribution < -0.4 is 11.5 Å². The summed E-state index contributed by atoms with van der Waals surface area (Å²) in [6, 6.07) is 0. The number of aliphatic hydroxyl groups is 1. The fraction of sp³-hybridized carbons (Fsp3) is 0.958. The number of aliphatic hydroxyl groups excluding tert-OH is 1. The van der Waals surface area contributed by atoms with Crippen molar-refractivity contribution in [1.29, 1.82) is 0 Å². The molecule has 4 aliphatic carbocycles. The highest BCUT2D eigenvalue weighted by Gasteiger charge is 2.68. The molecule has 0 bridgehead atoms. The average Bonchev–Trinajstić information content (AvgIpc) is 3.00. The number of aliphatic carboxylic acids is 1. The number of hydrogen-bond donors (Lipinski definition) is 4. The zero-order valence-electron chi connectivity index (χ0n) is 18.6. The molecule has 0 heterocycles. The van der Waals surface area contributed by atoms with Crippen LogP contribution in [0.15, 0.2) is 0 Å². The van der Waals surface area contributed by atoms with Crippen LogP contribution in [-0.4, -0.2) is 33.4 Å². The summed E-state index contributed by atoms with van der Waals surface area (Å²) in [4.78, 5) is 11.1. The molecule has 0 spiro atoms. The van der Waals surface area contributed by atoms with Crippen molar-refractivity contribution in [3.8, 4) is 0 Å². The second-order valence-corrected chi connectivity index (χ2v) is 11.8. The van der Waals surface area contributed by atoms with Crippen molar-refractivity contribution in [2.24, 2.45) is 46.0 Å². The molecule has 6 N–H and O–H groups in total. The molecule has 0 amide bonds. The lowest BCUT2D eigenvalue weighted by molar-refractivity contribution is -0.152. The Balaban J connectivity index is 1.60. The first-order valence-corrected chi connectivity index (χ1v) is 11.9. The Hall–Kier alpha value is -0.650. The molecule has 5 heteroatoms. The van der Waals surface area contributed by atoms with Crippen LogP contribution in [0.2, 0.25) is 0 Å². The van der Waals surface area contributed by atoms with Crippen molar-refractivity contribution < 1.29 is 15.0 Å². The van der Waals surface area contributed by atoms with Gasteiger partial charge in [0, 0.05) is 17.5 Å². The summed E-state index contributed by atoms with van der Waals surface area (Å²) in [6.45, 7) is 7.08. The van der Waals surface area contributed by atoms with Crippen LogP contribution in [0.4, 0.5) is 0 Å². The Labute approximate surface area is 176 Å². The largest absolute Gasteiger partial charge is 0.481 e. The molecular weight excluding hydrogens is 364 g/mol. The Bertz CT molecular complexity index is 671. The molecule has 29 heavy (non-hydrogen) atoms. The van der Waals surface area contributed by atoms with Gasteiger partial charge in [-0.2, -0.15) is 0 Å². The van der Waals surface area contributed by atoms with E-state index < -0.39 is 5.97 Å². The first kappa shape index (κ1) is 21.6. The highest BCUT2D eigenvalue weighted by Crippen LogP contribution is 2.69. The maximum Gasteiger partial charge on any atom is 0.303 e. The molecule has 5 nitrogen and oxygen atoms in total. The normalized spacial score (nSPS) is 52.9. The van der Waals surface area contributed by atoms with Crippen LogP contribution in [0.25, 0.3) is 0 Å². The molecule has 7 unspecified atom stereocenters. The third kappa shape index (κ3) is 3.02. The Morgan fingerprint density at radius 3 is 2.45 bits per heavy atom. The van der Waals surface area contributed by atoms with E-state index in [0.717, 1.165) is 38.5 Å². The second kappa shape index (κ2) is 6.93. The van der Waals surface area contributed by atoms with Gasteiger partial charge < -0.3 is 21.7 Å². The van der Waals surface area contributed by atoms with E-state index in [9.17, 15) is 9.90 Å². The molecule has 4 saturated carbocycles. The van der Waals surface area contributed by atoms with Gasteiger partial charge in [0.25, 0.3) is 0 Å². The van der Waals surface area contributed by atoms with Crippen LogP contribution in [0.1, 0.15) is 91.4 Å². The van der Waals surface area contributed by atoms with Gasteiger partial charge in [-0.1, -0.05) is 20.8 Å². The van der Waals surface area contributed by atoms with Crippen molar-refractivity contribution in [1.82, 2.24) is 0 Å². The van der Waals surface area contributed by atoms with Crippen LogP contribution in [-0.2, 0) is 4.79 Å². The number of rotatable bonds is 4. The number of hydrogen-bond acceptors (Lipinski definition) is 4. The van der Waals surface area contributed by atoms with Crippen LogP contribution in [0, 0.1) is 34.5 Å². The van der Waals surface area contributed by atoms with E-state index in [-0.39, 0.29) is 34.4 Å². The molecule has 4 rings (SSSR count). The summed E-state index contributed by atoms with van der Waals surface area (Å²) in [5, 5.41) is 19.4. The minimum Gasteiger partial charge on any atom is -0.481 e. The topological polar surface area (TPSA) is 110 Å². The quantitative estimate of drug-likeness (QED) is 0.569. The molecule has 4 aliphatic rings. The number of carboxylic acid groups (broad SMARTS) is 1. The van der Waals surface area contributed by atoms with Gasteiger partial charge >= 0.3 is 5.97 Å². The highest BCUT2D eigenvalue weighted by atomic mass is 16.4. The summed E-state index contributed by atoms with van der Waals surface area (Å²) >= 11 is 0. The predicted octanol–water partition coefficient (Wildman–Crippen LogP) is 3.67. The van der Waals surface area contributed by atoms with Gasteiger partial charge in [-0.3, -0.25) is 4.79 Å². The molecule has 9 atom stereocenters. The lowest BCUT2D eigenvalue weighted by atomic mass is 9.40. The number of nitrogens with two attached hydrogens (primary N) is 2. The van der Waals surface area contributed by atoms with Crippen molar-refractivity contribution in [2.75, 3.05) is 0 Å². The predicted molar refractivity (Wildman–Crippen MR) is 114 cm³/mol. The molecular formula is C24H42N2O3. The summed E-state index contributed by atoms with van der Waals surface area (Å²) in [5.74, 6) is 1.24. The first-order chi connectivity index (χ1) is 13.5. The van der Waals surface area contributed by atoms with E-state index in [1.54, 1.807) is 0 Å². The molecule has 0 aromatic heterocycles. The molecule has 0 aromatic rings. The summed E-state index contributed by atoms with van der Waals surface area (Å²) in [7, 11) is 0. The van der Waals surface area contributed by atoms with Gasteiger partial charge in [0.1, 0.15) is 0 Å². The van der Waals surface area contributed by atoms with Crippen LogP contribution in [0.5, 0.6) is 0 Å². The standard InChI is InChI=1S/C24H42N2O3/c1-15(4-7-20(28)29)17-5-6-18-21(17,2)10-9-19-22(3)11-8-16(27)14-23(22,25)12-13-24(18,19)26/h15-19,27H,4-14,25-26H2,1-3H3,(H,28,29)/t15-,16-,17?,18?,19?,21?,22?,23?,24?/m1/s1. The maximum atomic E-state index is 11.1. The molecule has 0 aliphatic heterocycles. The smallest absolute Gasteiger partial charge is 0.303 e. The SMILES string of the molecule is C[C@H](CCC(=O)O)C1CCC2C1(C)CCC1C2(N)CCC2(N)C[C@H](O)CCC12C.